The molecule has 0 saturated carbocycles. The second-order valence-corrected chi connectivity index (χ2v) is 8.16. The van der Waals surface area contributed by atoms with E-state index in [1.165, 1.54) is 4.68 Å². The van der Waals surface area contributed by atoms with E-state index in [0.717, 1.165) is 20.7 Å². The summed E-state index contributed by atoms with van der Waals surface area (Å²) < 4.78 is 2.29. The Morgan fingerprint density at radius 3 is 2.69 bits per heavy atom. The monoisotopic (exact) mass is 369 g/mol. The molecule has 0 atom stereocenters. The van der Waals surface area contributed by atoms with Gasteiger partial charge in [-0.1, -0.05) is 23.4 Å². The number of fused-ring (bicyclic) bond motifs is 1. The number of rotatable bonds is 2. The van der Waals surface area contributed by atoms with Gasteiger partial charge in [0, 0.05) is 29.1 Å². The largest absolute Gasteiger partial charge is 0.505 e. The van der Waals surface area contributed by atoms with Crippen molar-refractivity contribution in [3.05, 3.63) is 45.2 Å². The van der Waals surface area contributed by atoms with Crippen LogP contribution in [-0.4, -0.2) is 26.2 Å². The van der Waals surface area contributed by atoms with Crippen molar-refractivity contribution in [3.63, 3.8) is 0 Å². The van der Waals surface area contributed by atoms with Gasteiger partial charge < -0.3 is 9.94 Å². The molecule has 0 saturated heterocycles. The lowest BCUT2D eigenvalue weighted by Gasteiger charge is -2.13. The quantitative estimate of drug-likeness (QED) is 0.749. The van der Waals surface area contributed by atoms with Gasteiger partial charge >= 0.3 is 0 Å². The number of aromatic nitrogens is 2. The van der Waals surface area contributed by atoms with E-state index in [-0.39, 0.29) is 22.5 Å². The number of hydrogen-bond acceptors (Lipinski definition) is 6. The van der Waals surface area contributed by atoms with Crippen LogP contribution in [-0.2, 0) is 11.9 Å². The Balaban J connectivity index is 2.08. The molecule has 1 aliphatic heterocycles. The second-order valence-electron chi connectivity index (χ2n) is 7.11. The summed E-state index contributed by atoms with van der Waals surface area (Å²) in [6, 6.07) is 7.85. The molecule has 0 unspecified atom stereocenters. The standard InChI is InChI=1S/C19H19N3O3S/c1-10-16(23)15(18(24)22(4)20-10)14-11-7-5-6-8-13(11)26-17(14)12-9-19(2,3)25-21-12/h5-8,23H,9H2,1-4H3. The number of aromatic hydroxyl groups is 1. The molecule has 3 aromatic rings. The molecule has 1 N–H and O–H groups in total. The van der Waals surface area contributed by atoms with Crippen molar-refractivity contribution >= 4 is 27.1 Å². The average Bonchev–Trinajstić information content (AvgIpc) is 3.14. The van der Waals surface area contributed by atoms with E-state index in [4.69, 9.17) is 4.84 Å². The molecule has 1 aromatic carbocycles. The van der Waals surface area contributed by atoms with Crippen molar-refractivity contribution in [1.82, 2.24) is 9.78 Å². The van der Waals surface area contributed by atoms with Crippen molar-refractivity contribution in [1.29, 1.82) is 0 Å². The summed E-state index contributed by atoms with van der Waals surface area (Å²) in [5.41, 5.74) is 1.45. The molecule has 0 amide bonds. The predicted molar refractivity (Wildman–Crippen MR) is 103 cm³/mol. The van der Waals surface area contributed by atoms with E-state index in [1.807, 2.05) is 38.1 Å². The highest BCUT2D eigenvalue weighted by Gasteiger charge is 2.33. The number of benzene rings is 1. The van der Waals surface area contributed by atoms with Crippen LogP contribution < -0.4 is 5.56 Å². The maximum absolute atomic E-state index is 12.9. The fraction of sp³-hybridized carbons (Fsp3) is 0.316. The van der Waals surface area contributed by atoms with E-state index in [1.54, 1.807) is 25.3 Å². The first kappa shape index (κ1) is 16.8. The summed E-state index contributed by atoms with van der Waals surface area (Å²) in [7, 11) is 1.59. The van der Waals surface area contributed by atoms with Crippen LogP contribution in [0.2, 0.25) is 0 Å². The number of thiophene rings is 1. The molecule has 2 aromatic heterocycles. The number of hydrogen-bond donors (Lipinski definition) is 1. The maximum Gasteiger partial charge on any atom is 0.278 e. The van der Waals surface area contributed by atoms with Crippen LogP contribution in [0.4, 0.5) is 0 Å². The van der Waals surface area contributed by atoms with Crippen LogP contribution in [0.3, 0.4) is 0 Å². The van der Waals surface area contributed by atoms with Gasteiger partial charge in [-0.25, -0.2) is 4.68 Å². The third-order valence-corrected chi connectivity index (χ3v) is 5.71. The Bertz CT molecular complexity index is 1120. The summed E-state index contributed by atoms with van der Waals surface area (Å²) >= 11 is 1.56. The number of oxime groups is 1. The van der Waals surface area contributed by atoms with Gasteiger partial charge in [-0.15, -0.1) is 11.3 Å². The van der Waals surface area contributed by atoms with Crippen LogP contribution in [0.1, 0.15) is 30.8 Å². The lowest BCUT2D eigenvalue weighted by Crippen LogP contribution is -2.23. The molecule has 6 nitrogen and oxygen atoms in total. The first-order chi connectivity index (χ1) is 12.3. The van der Waals surface area contributed by atoms with E-state index < -0.39 is 0 Å². The van der Waals surface area contributed by atoms with Crippen LogP contribution in [0.5, 0.6) is 5.75 Å². The van der Waals surface area contributed by atoms with E-state index in [0.29, 0.717) is 17.7 Å². The topological polar surface area (TPSA) is 76.7 Å². The molecule has 26 heavy (non-hydrogen) atoms. The van der Waals surface area contributed by atoms with Crippen molar-refractivity contribution in [2.45, 2.75) is 32.8 Å². The Hall–Kier alpha value is -2.67. The van der Waals surface area contributed by atoms with Crippen molar-refractivity contribution in [2.24, 2.45) is 12.2 Å². The predicted octanol–water partition coefficient (Wildman–Crippen LogP) is 3.58. The SMILES string of the molecule is Cc1nn(C)c(=O)c(-c2c(C3=NOC(C)(C)C3)sc3ccccc23)c1O. The third-order valence-electron chi connectivity index (χ3n) is 4.49. The molecular formula is C19H19N3O3S. The van der Waals surface area contributed by atoms with Crippen LogP contribution in [0.15, 0.2) is 34.2 Å². The van der Waals surface area contributed by atoms with Gasteiger partial charge in [0.15, 0.2) is 5.75 Å². The van der Waals surface area contributed by atoms with Gasteiger partial charge in [0.05, 0.1) is 10.4 Å². The maximum atomic E-state index is 12.9. The number of nitrogens with zero attached hydrogens (tertiary/aromatic N) is 3. The smallest absolute Gasteiger partial charge is 0.278 e. The Kier molecular flexibility index (Phi) is 3.66. The summed E-state index contributed by atoms with van der Waals surface area (Å²) in [6.07, 6.45) is 0.637. The highest BCUT2D eigenvalue weighted by atomic mass is 32.1. The minimum atomic E-state index is -0.385. The zero-order valence-electron chi connectivity index (χ0n) is 15.0. The number of aryl methyl sites for hydroxylation is 2. The van der Waals surface area contributed by atoms with Gasteiger partial charge in [0.2, 0.25) is 0 Å². The van der Waals surface area contributed by atoms with Crippen LogP contribution in [0, 0.1) is 6.92 Å². The summed E-state index contributed by atoms with van der Waals surface area (Å²) in [5.74, 6) is -0.0864. The van der Waals surface area contributed by atoms with Gasteiger partial charge in [0.25, 0.3) is 5.56 Å². The van der Waals surface area contributed by atoms with Crippen molar-refractivity contribution < 1.29 is 9.94 Å². The zero-order valence-corrected chi connectivity index (χ0v) is 15.8. The highest BCUT2D eigenvalue weighted by molar-refractivity contribution is 7.21. The molecule has 0 bridgehead atoms. The van der Waals surface area contributed by atoms with Gasteiger partial charge in [0.1, 0.15) is 17.0 Å². The third kappa shape index (κ3) is 2.50. The molecule has 0 radical (unpaired) electrons. The summed E-state index contributed by atoms with van der Waals surface area (Å²) in [6.45, 7) is 5.64. The fourth-order valence-corrected chi connectivity index (χ4v) is 4.44. The van der Waals surface area contributed by atoms with E-state index in [2.05, 4.69) is 10.3 Å². The van der Waals surface area contributed by atoms with Gasteiger partial charge in [-0.3, -0.25) is 4.79 Å². The Morgan fingerprint density at radius 1 is 1.27 bits per heavy atom. The molecule has 3 heterocycles. The minimum Gasteiger partial charge on any atom is -0.505 e. The van der Waals surface area contributed by atoms with Crippen molar-refractivity contribution in [3.8, 4) is 16.9 Å². The summed E-state index contributed by atoms with van der Waals surface area (Å²) in [4.78, 5) is 19.2. The first-order valence-corrected chi connectivity index (χ1v) is 9.14. The van der Waals surface area contributed by atoms with Crippen LogP contribution >= 0.6 is 11.3 Å². The van der Waals surface area contributed by atoms with Crippen molar-refractivity contribution in [2.75, 3.05) is 0 Å². The molecular weight excluding hydrogens is 350 g/mol. The zero-order chi connectivity index (χ0) is 18.6. The average molecular weight is 369 g/mol. The fourth-order valence-electron chi connectivity index (χ4n) is 3.25. The Morgan fingerprint density at radius 2 is 2.00 bits per heavy atom. The molecule has 0 spiro atoms. The van der Waals surface area contributed by atoms with Gasteiger partial charge in [-0.05, 0) is 26.8 Å². The highest BCUT2D eigenvalue weighted by Crippen LogP contribution is 2.43. The minimum absolute atomic E-state index is 0.0864. The molecule has 4 rings (SSSR count). The second kappa shape index (κ2) is 5.67. The van der Waals surface area contributed by atoms with E-state index >= 15 is 0 Å². The molecule has 134 valence electrons. The summed E-state index contributed by atoms with van der Waals surface area (Å²) in [5, 5.41) is 19.9. The van der Waals surface area contributed by atoms with Crippen LogP contribution in [0.25, 0.3) is 21.2 Å². The van der Waals surface area contributed by atoms with E-state index in [9.17, 15) is 9.90 Å². The Labute approximate surface area is 154 Å². The molecule has 0 fully saturated rings. The lowest BCUT2D eigenvalue weighted by atomic mass is 9.96. The lowest BCUT2D eigenvalue weighted by molar-refractivity contribution is 0.0123. The van der Waals surface area contributed by atoms with Gasteiger partial charge in [-0.2, -0.15) is 5.10 Å². The first-order valence-electron chi connectivity index (χ1n) is 8.33. The molecule has 7 heteroatoms. The molecule has 0 aliphatic carbocycles. The molecule has 1 aliphatic rings. The normalized spacial score (nSPS) is 15.9.